The minimum Gasteiger partial charge on any atom is -0.359 e. The van der Waals surface area contributed by atoms with Crippen LogP contribution in [-0.2, 0) is 19.4 Å². The van der Waals surface area contributed by atoms with Gasteiger partial charge in [0.25, 0.3) is 0 Å². The summed E-state index contributed by atoms with van der Waals surface area (Å²) in [7, 11) is 0. The van der Waals surface area contributed by atoms with Gasteiger partial charge in [-0.15, -0.1) is 0 Å². The van der Waals surface area contributed by atoms with Crippen LogP contribution in [0.5, 0.6) is 0 Å². The molecule has 0 fully saturated rings. The molecule has 3 rings (SSSR count). The first-order valence-electron chi connectivity index (χ1n) is 5.87. The summed E-state index contributed by atoms with van der Waals surface area (Å²) < 4.78 is 7.02. The molecule has 0 aromatic carbocycles. The number of hydrogen-bond donors (Lipinski definition) is 0. The van der Waals surface area contributed by atoms with E-state index in [2.05, 4.69) is 5.16 Å². The Morgan fingerprint density at radius 3 is 3.06 bits per heavy atom. The maximum Gasteiger partial charge on any atom is 0.307 e. The molecule has 0 aliphatic heterocycles. The van der Waals surface area contributed by atoms with Crippen LogP contribution in [0.15, 0.2) is 15.4 Å². The molecule has 0 saturated heterocycles. The number of rotatable bonds is 2. The smallest absolute Gasteiger partial charge is 0.307 e. The summed E-state index contributed by atoms with van der Waals surface area (Å²) in [6.45, 7) is 2.41. The lowest BCUT2D eigenvalue weighted by Crippen LogP contribution is -2.17. The molecule has 0 bridgehead atoms. The van der Waals surface area contributed by atoms with Gasteiger partial charge in [0.05, 0.1) is 12.2 Å². The van der Waals surface area contributed by atoms with Crippen LogP contribution in [0.2, 0.25) is 0 Å². The van der Waals surface area contributed by atoms with Crippen molar-refractivity contribution in [1.82, 2.24) is 9.72 Å². The molecule has 1 aliphatic rings. The Labute approximate surface area is 103 Å². The number of nitrogens with zero attached hydrogens (tertiary/aromatic N) is 2. The van der Waals surface area contributed by atoms with Gasteiger partial charge in [0.15, 0.2) is 5.76 Å². The van der Waals surface area contributed by atoms with Crippen LogP contribution in [0, 0.1) is 6.92 Å². The minimum atomic E-state index is 0.131. The zero-order chi connectivity index (χ0) is 11.8. The normalized spacial score (nSPS) is 14.9. The molecule has 5 heteroatoms. The van der Waals surface area contributed by atoms with Crippen LogP contribution in [0.4, 0.5) is 0 Å². The SMILES string of the molecule is Cc1cc(Cn2c3c(sc2=O)CCCC3)on1. The van der Waals surface area contributed by atoms with E-state index in [1.54, 1.807) is 0 Å². The van der Waals surface area contributed by atoms with E-state index < -0.39 is 0 Å². The molecule has 2 aromatic rings. The third-order valence-electron chi connectivity index (χ3n) is 3.14. The van der Waals surface area contributed by atoms with Gasteiger partial charge in [-0.3, -0.25) is 9.36 Å². The lowest BCUT2D eigenvalue weighted by molar-refractivity contribution is 0.370. The van der Waals surface area contributed by atoms with E-state index in [-0.39, 0.29) is 4.87 Å². The highest BCUT2D eigenvalue weighted by Gasteiger charge is 2.18. The number of aryl methyl sites for hydroxylation is 2. The van der Waals surface area contributed by atoms with Crippen molar-refractivity contribution < 1.29 is 4.52 Å². The quantitative estimate of drug-likeness (QED) is 0.820. The molecule has 17 heavy (non-hydrogen) atoms. The minimum absolute atomic E-state index is 0.131. The second-order valence-corrected chi connectivity index (χ2v) is 5.51. The lowest BCUT2D eigenvalue weighted by atomic mass is 10.0. The zero-order valence-electron chi connectivity index (χ0n) is 9.73. The van der Waals surface area contributed by atoms with Crippen LogP contribution >= 0.6 is 11.3 Å². The summed E-state index contributed by atoms with van der Waals surface area (Å²) in [5.41, 5.74) is 2.07. The van der Waals surface area contributed by atoms with Crippen molar-refractivity contribution in [2.45, 2.75) is 39.2 Å². The predicted octanol–water partition coefficient (Wildman–Crippen LogP) is 2.13. The summed E-state index contributed by atoms with van der Waals surface area (Å²) >= 11 is 1.39. The average molecular weight is 250 g/mol. The number of aromatic nitrogens is 2. The molecule has 0 saturated carbocycles. The Kier molecular flexibility index (Phi) is 2.63. The summed E-state index contributed by atoms with van der Waals surface area (Å²) in [4.78, 5) is 13.3. The highest BCUT2D eigenvalue weighted by Crippen LogP contribution is 2.24. The van der Waals surface area contributed by atoms with Gasteiger partial charge in [0, 0.05) is 16.6 Å². The van der Waals surface area contributed by atoms with Crippen molar-refractivity contribution in [1.29, 1.82) is 0 Å². The standard InChI is InChI=1S/C12H14N2O2S/c1-8-6-9(16-13-8)7-14-10-4-2-3-5-11(10)17-12(14)15/h6H,2-5,7H2,1H3. The van der Waals surface area contributed by atoms with Gasteiger partial charge in [-0.25, -0.2) is 0 Å². The second kappa shape index (κ2) is 4.14. The Morgan fingerprint density at radius 1 is 1.47 bits per heavy atom. The van der Waals surface area contributed by atoms with Crippen LogP contribution < -0.4 is 4.87 Å². The monoisotopic (exact) mass is 250 g/mol. The van der Waals surface area contributed by atoms with Crippen LogP contribution in [0.25, 0.3) is 0 Å². The highest BCUT2D eigenvalue weighted by atomic mass is 32.1. The maximum atomic E-state index is 11.9. The van der Waals surface area contributed by atoms with Gasteiger partial charge in [0.2, 0.25) is 0 Å². The van der Waals surface area contributed by atoms with Crippen molar-refractivity contribution in [3.63, 3.8) is 0 Å². The van der Waals surface area contributed by atoms with Gasteiger partial charge < -0.3 is 4.52 Å². The van der Waals surface area contributed by atoms with Gasteiger partial charge in [-0.05, 0) is 32.6 Å². The molecule has 0 atom stereocenters. The van der Waals surface area contributed by atoms with Crippen LogP contribution in [0.3, 0.4) is 0 Å². The molecule has 0 N–H and O–H groups in total. The topological polar surface area (TPSA) is 48.0 Å². The molecule has 0 radical (unpaired) electrons. The lowest BCUT2D eigenvalue weighted by Gasteiger charge is -2.12. The first-order valence-corrected chi connectivity index (χ1v) is 6.69. The van der Waals surface area contributed by atoms with E-state index in [4.69, 9.17) is 4.52 Å². The van der Waals surface area contributed by atoms with E-state index in [0.717, 1.165) is 24.3 Å². The third kappa shape index (κ3) is 1.95. The second-order valence-electron chi connectivity index (χ2n) is 4.47. The van der Waals surface area contributed by atoms with Crippen molar-refractivity contribution in [2.24, 2.45) is 0 Å². The van der Waals surface area contributed by atoms with E-state index >= 15 is 0 Å². The first-order chi connectivity index (χ1) is 8.24. The van der Waals surface area contributed by atoms with Crippen molar-refractivity contribution in [3.05, 3.63) is 37.8 Å². The van der Waals surface area contributed by atoms with E-state index in [9.17, 15) is 4.79 Å². The summed E-state index contributed by atoms with van der Waals surface area (Å²) in [5, 5.41) is 3.85. The van der Waals surface area contributed by atoms with Crippen molar-refractivity contribution in [2.75, 3.05) is 0 Å². The van der Waals surface area contributed by atoms with E-state index in [1.165, 1.54) is 34.7 Å². The first kappa shape index (κ1) is 10.8. The number of hydrogen-bond acceptors (Lipinski definition) is 4. The fourth-order valence-electron chi connectivity index (χ4n) is 2.33. The molecule has 0 spiro atoms. The molecular formula is C12H14N2O2S. The Bertz CT molecular complexity index is 594. The van der Waals surface area contributed by atoms with Crippen LogP contribution in [0.1, 0.15) is 34.9 Å². The average Bonchev–Trinajstić information content (AvgIpc) is 2.85. The molecule has 0 unspecified atom stereocenters. The van der Waals surface area contributed by atoms with Gasteiger partial charge >= 0.3 is 4.87 Å². The fourth-order valence-corrected chi connectivity index (χ4v) is 3.41. The van der Waals surface area contributed by atoms with E-state index in [1.807, 2.05) is 17.6 Å². The van der Waals surface area contributed by atoms with Crippen LogP contribution in [-0.4, -0.2) is 9.72 Å². The third-order valence-corrected chi connectivity index (χ3v) is 4.22. The summed E-state index contributed by atoms with van der Waals surface area (Å²) in [6, 6.07) is 1.89. The fraction of sp³-hybridized carbons (Fsp3) is 0.500. The van der Waals surface area contributed by atoms with Gasteiger partial charge in [-0.1, -0.05) is 16.5 Å². The maximum absolute atomic E-state index is 11.9. The largest absolute Gasteiger partial charge is 0.359 e. The molecule has 2 heterocycles. The summed E-state index contributed by atoms with van der Waals surface area (Å²) in [6.07, 6.45) is 4.45. The Hall–Kier alpha value is -1.36. The number of thiazole rings is 1. The van der Waals surface area contributed by atoms with E-state index in [0.29, 0.717) is 6.54 Å². The predicted molar refractivity (Wildman–Crippen MR) is 65.6 cm³/mol. The molecule has 4 nitrogen and oxygen atoms in total. The molecule has 0 amide bonds. The number of fused-ring (bicyclic) bond motifs is 1. The van der Waals surface area contributed by atoms with Crippen molar-refractivity contribution >= 4 is 11.3 Å². The van der Waals surface area contributed by atoms with Crippen molar-refractivity contribution in [3.8, 4) is 0 Å². The molecule has 1 aliphatic carbocycles. The zero-order valence-corrected chi connectivity index (χ0v) is 10.5. The van der Waals surface area contributed by atoms with Gasteiger partial charge in [0.1, 0.15) is 0 Å². The molecule has 2 aromatic heterocycles. The Balaban J connectivity index is 1.97. The Morgan fingerprint density at radius 2 is 2.29 bits per heavy atom. The molecule has 90 valence electrons. The highest BCUT2D eigenvalue weighted by molar-refractivity contribution is 7.09. The van der Waals surface area contributed by atoms with Gasteiger partial charge in [-0.2, -0.15) is 0 Å². The molecular weight excluding hydrogens is 236 g/mol. The summed E-state index contributed by atoms with van der Waals surface area (Å²) in [5.74, 6) is 0.760.